The van der Waals surface area contributed by atoms with E-state index in [1.807, 2.05) is 4.57 Å². The van der Waals surface area contributed by atoms with Crippen molar-refractivity contribution in [1.82, 2.24) is 4.57 Å². The minimum Gasteiger partial charge on any atom is -0.330 e. The van der Waals surface area contributed by atoms with Crippen LogP contribution in [0.15, 0.2) is 170 Å². The molecule has 0 saturated carbocycles. The molecule has 49 heavy (non-hydrogen) atoms. The van der Waals surface area contributed by atoms with E-state index in [0.717, 1.165) is 44.1 Å². The van der Waals surface area contributed by atoms with Crippen molar-refractivity contribution in [2.45, 2.75) is 12.2 Å². The Balaban J connectivity index is 1.27. The molecule has 3 heteroatoms. The van der Waals surface area contributed by atoms with Crippen LogP contribution in [0.4, 0.5) is 8.78 Å². The first-order valence-corrected chi connectivity index (χ1v) is 16.7. The summed E-state index contributed by atoms with van der Waals surface area (Å²) in [4.78, 5) is 0. The Morgan fingerprint density at radius 1 is 0.449 bits per heavy atom. The van der Waals surface area contributed by atoms with Crippen molar-refractivity contribution in [3.63, 3.8) is 0 Å². The summed E-state index contributed by atoms with van der Waals surface area (Å²) in [7, 11) is 0. The summed E-state index contributed by atoms with van der Waals surface area (Å²) < 4.78 is 32.3. The van der Waals surface area contributed by atoms with E-state index in [0.29, 0.717) is 0 Å². The molecule has 1 nitrogen and oxygen atoms in total. The number of nitrogens with zero attached hydrogens (tertiary/aromatic N) is 1. The fourth-order valence-electron chi connectivity index (χ4n) is 8.12. The van der Waals surface area contributed by atoms with Gasteiger partial charge in [-0.05, 0) is 120 Å². The average Bonchev–Trinajstić information content (AvgIpc) is 3.48. The summed E-state index contributed by atoms with van der Waals surface area (Å²) in [6.45, 7) is 0. The first-order chi connectivity index (χ1) is 24.1. The van der Waals surface area contributed by atoms with Gasteiger partial charge in [-0.2, -0.15) is 0 Å². The maximum absolute atomic E-state index is 15.7. The number of fused-ring (bicyclic) bond motifs is 9. The molecule has 0 saturated heterocycles. The molecule has 0 amide bonds. The van der Waals surface area contributed by atoms with E-state index in [-0.39, 0.29) is 0 Å². The first kappa shape index (κ1) is 28.0. The molecule has 10 rings (SSSR count). The van der Waals surface area contributed by atoms with Gasteiger partial charge >= 0.3 is 0 Å². The quantitative estimate of drug-likeness (QED) is 0.171. The van der Waals surface area contributed by atoms with Crippen LogP contribution in [0.2, 0.25) is 0 Å². The number of halogens is 2. The molecule has 0 bridgehead atoms. The van der Waals surface area contributed by atoms with E-state index in [2.05, 4.69) is 146 Å². The van der Waals surface area contributed by atoms with E-state index >= 15 is 4.39 Å². The van der Waals surface area contributed by atoms with Crippen LogP contribution in [0.25, 0.3) is 87.1 Å². The molecule has 2 atom stereocenters. The largest absolute Gasteiger partial charge is 0.330 e. The standard InChI is InChI=1S/C46H29F2N/c47-32-19-20-43(48)46(27-32)49-44-21-17-30(39-23-28-9-1-3-11-33(28)35-13-5-7-15-37(35)39)25-41(44)42-26-31(18-22-45(42)49)40-24-29-10-2-4-12-34(29)36-14-6-8-16-38(36)40/h1-27,43,46H. The van der Waals surface area contributed by atoms with Crippen LogP contribution >= 0.6 is 0 Å². The second-order valence-corrected chi connectivity index (χ2v) is 13.1. The van der Waals surface area contributed by atoms with Crippen LogP contribution < -0.4 is 0 Å². The molecule has 2 unspecified atom stereocenters. The van der Waals surface area contributed by atoms with Crippen LogP contribution in [0.3, 0.4) is 0 Å². The van der Waals surface area contributed by atoms with Crippen LogP contribution in [0.1, 0.15) is 6.04 Å². The highest BCUT2D eigenvalue weighted by Gasteiger charge is 2.27. The van der Waals surface area contributed by atoms with Crippen LogP contribution in [0.5, 0.6) is 0 Å². The van der Waals surface area contributed by atoms with Gasteiger partial charge in [-0.1, -0.05) is 109 Å². The molecule has 0 spiro atoms. The third-order valence-corrected chi connectivity index (χ3v) is 10.4. The lowest BCUT2D eigenvalue weighted by atomic mass is 9.92. The normalized spacial score (nSPS) is 16.4. The Morgan fingerprint density at radius 3 is 1.41 bits per heavy atom. The lowest BCUT2D eigenvalue weighted by molar-refractivity contribution is 0.319. The van der Waals surface area contributed by atoms with Crippen molar-refractivity contribution >= 4 is 64.9 Å². The Labute approximate surface area is 281 Å². The molecule has 1 aromatic heterocycles. The van der Waals surface area contributed by atoms with Crippen molar-refractivity contribution in [1.29, 1.82) is 0 Å². The Kier molecular flexibility index (Phi) is 6.13. The number of alkyl halides is 1. The summed E-state index contributed by atoms with van der Waals surface area (Å²) in [6.07, 6.45) is 2.59. The molecular weight excluding hydrogens is 605 g/mol. The summed E-state index contributed by atoms with van der Waals surface area (Å²) >= 11 is 0. The van der Waals surface area contributed by atoms with Gasteiger partial charge in [0.25, 0.3) is 0 Å². The molecule has 1 aliphatic carbocycles. The Morgan fingerprint density at radius 2 is 0.898 bits per heavy atom. The first-order valence-electron chi connectivity index (χ1n) is 16.7. The Hall–Kier alpha value is -6.06. The predicted molar refractivity (Wildman–Crippen MR) is 203 cm³/mol. The number of hydrogen-bond donors (Lipinski definition) is 0. The van der Waals surface area contributed by atoms with E-state index in [9.17, 15) is 4.39 Å². The maximum atomic E-state index is 15.7. The lowest BCUT2D eigenvalue weighted by Crippen LogP contribution is -2.19. The highest BCUT2D eigenvalue weighted by molar-refractivity contribution is 6.17. The fraction of sp³-hybridized carbons (Fsp3) is 0.0435. The van der Waals surface area contributed by atoms with E-state index in [4.69, 9.17) is 0 Å². The minimum atomic E-state index is -1.36. The van der Waals surface area contributed by atoms with Gasteiger partial charge in [-0.15, -0.1) is 0 Å². The second-order valence-electron chi connectivity index (χ2n) is 13.1. The number of rotatable bonds is 3. The summed E-state index contributed by atoms with van der Waals surface area (Å²) in [5, 5.41) is 11.6. The smallest absolute Gasteiger partial charge is 0.143 e. The van der Waals surface area contributed by atoms with Gasteiger partial charge in [-0.3, -0.25) is 0 Å². The van der Waals surface area contributed by atoms with Gasteiger partial charge < -0.3 is 4.57 Å². The van der Waals surface area contributed by atoms with Gasteiger partial charge in [0.05, 0.1) is 6.04 Å². The molecule has 0 N–H and O–H groups in total. The van der Waals surface area contributed by atoms with E-state index in [1.54, 1.807) is 0 Å². The Bertz CT molecular complexity index is 2700. The van der Waals surface area contributed by atoms with Gasteiger partial charge in [0.2, 0.25) is 0 Å². The third kappa shape index (κ3) is 4.29. The van der Waals surface area contributed by atoms with Gasteiger partial charge in [0.1, 0.15) is 12.0 Å². The van der Waals surface area contributed by atoms with Gasteiger partial charge in [0.15, 0.2) is 0 Å². The molecule has 1 heterocycles. The summed E-state index contributed by atoms with van der Waals surface area (Å²) in [5.41, 5.74) is 6.19. The zero-order valence-electron chi connectivity index (χ0n) is 26.4. The van der Waals surface area contributed by atoms with Crippen LogP contribution in [-0.4, -0.2) is 10.7 Å². The topological polar surface area (TPSA) is 4.93 Å². The van der Waals surface area contributed by atoms with Crippen LogP contribution in [-0.2, 0) is 0 Å². The zero-order valence-corrected chi connectivity index (χ0v) is 26.4. The predicted octanol–water partition coefficient (Wildman–Crippen LogP) is 13.0. The van der Waals surface area contributed by atoms with E-state index < -0.39 is 18.0 Å². The minimum absolute atomic E-state index is 0.424. The lowest BCUT2D eigenvalue weighted by Gasteiger charge is -2.22. The van der Waals surface area contributed by atoms with Gasteiger partial charge in [-0.25, -0.2) is 8.78 Å². The fourth-order valence-corrected chi connectivity index (χ4v) is 8.12. The van der Waals surface area contributed by atoms with Gasteiger partial charge in [0, 0.05) is 21.8 Å². The zero-order chi connectivity index (χ0) is 32.6. The molecule has 0 aliphatic heterocycles. The van der Waals surface area contributed by atoms with Crippen molar-refractivity contribution in [2.24, 2.45) is 0 Å². The molecule has 1 aliphatic rings. The second kappa shape index (κ2) is 10.7. The molecular formula is C46H29F2N. The SMILES string of the molecule is FC1=CC(n2c3ccc(-c4cc5ccccc5c5ccccc45)cc3c3cc(-c4cc5ccccc5c5ccccc45)ccc32)C(F)C=C1. The summed E-state index contributed by atoms with van der Waals surface area (Å²) in [5.74, 6) is -0.424. The van der Waals surface area contributed by atoms with E-state index in [1.165, 1.54) is 61.3 Å². The monoisotopic (exact) mass is 633 g/mol. The molecule has 0 fully saturated rings. The number of benzene rings is 8. The molecule has 0 radical (unpaired) electrons. The highest BCUT2D eigenvalue weighted by atomic mass is 19.1. The maximum Gasteiger partial charge on any atom is 0.143 e. The molecule has 8 aromatic carbocycles. The van der Waals surface area contributed by atoms with Crippen molar-refractivity contribution in [2.75, 3.05) is 0 Å². The number of hydrogen-bond acceptors (Lipinski definition) is 0. The van der Waals surface area contributed by atoms with Crippen molar-refractivity contribution in [3.05, 3.63) is 170 Å². The summed E-state index contributed by atoms with van der Waals surface area (Å²) in [6, 6.07) is 50.7. The molecule has 9 aromatic rings. The molecule has 232 valence electrons. The third-order valence-electron chi connectivity index (χ3n) is 10.4. The van der Waals surface area contributed by atoms with Crippen molar-refractivity contribution < 1.29 is 8.78 Å². The van der Waals surface area contributed by atoms with Crippen LogP contribution in [0, 0.1) is 0 Å². The number of aromatic nitrogens is 1. The highest BCUT2D eigenvalue weighted by Crippen LogP contribution is 2.43. The number of allylic oxidation sites excluding steroid dienone is 4. The van der Waals surface area contributed by atoms with Crippen molar-refractivity contribution in [3.8, 4) is 22.3 Å². The average molecular weight is 634 g/mol.